The van der Waals surface area contributed by atoms with E-state index in [0.717, 1.165) is 0 Å². The van der Waals surface area contributed by atoms with Crippen molar-refractivity contribution in [1.82, 2.24) is 0 Å². The second-order valence-corrected chi connectivity index (χ2v) is 3.38. The molecule has 0 saturated heterocycles. The number of hydrogen-bond donors (Lipinski definition) is 2. The van der Waals surface area contributed by atoms with Gasteiger partial charge in [-0.1, -0.05) is 0 Å². The molecule has 1 heterocycles. The minimum atomic E-state index is -1.37. The Morgan fingerprint density at radius 2 is 2.24 bits per heavy atom. The number of esters is 1. The van der Waals surface area contributed by atoms with Gasteiger partial charge < -0.3 is 19.4 Å². The number of carbonyl (C=O) groups excluding carboxylic acids is 2. The molecule has 1 aromatic rings. The fourth-order valence-corrected chi connectivity index (χ4v) is 1.28. The van der Waals surface area contributed by atoms with Gasteiger partial charge in [0.15, 0.2) is 12.0 Å². The molecule has 2 unspecified atom stereocenters. The normalized spacial score (nSPS) is 14.1. The fourth-order valence-electron chi connectivity index (χ4n) is 1.28. The summed E-state index contributed by atoms with van der Waals surface area (Å²) in [5, 5.41) is 19.2. The van der Waals surface area contributed by atoms with Crippen LogP contribution in [0.5, 0.6) is 0 Å². The fraction of sp³-hybridized carbons (Fsp3) is 0.455. The third kappa shape index (κ3) is 3.69. The molecule has 1 aromatic heterocycles. The number of rotatable bonds is 6. The van der Waals surface area contributed by atoms with Crippen molar-refractivity contribution < 1.29 is 29.0 Å². The quantitative estimate of drug-likeness (QED) is 0.555. The average molecular weight is 242 g/mol. The van der Waals surface area contributed by atoms with Crippen molar-refractivity contribution in [3.63, 3.8) is 0 Å². The largest absolute Gasteiger partial charge is 0.466 e. The molecule has 0 fully saturated rings. The van der Waals surface area contributed by atoms with Gasteiger partial charge in [-0.05, 0) is 19.1 Å². The molecule has 1 rings (SSSR count). The molecule has 0 bridgehead atoms. The van der Waals surface area contributed by atoms with Crippen molar-refractivity contribution in [2.75, 3.05) is 6.61 Å². The van der Waals surface area contributed by atoms with Crippen LogP contribution in [0.4, 0.5) is 0 Å². The van der Waals surface area contributed by atoms with Gasteiger partial charge in [-0.2, -0.15) is 0 Å². The number of hydrogen-bond acceptors (Lipinski definition) is 6. The van der Waals surface area contributed by atoms with Gasteiger partial charge in [-0.15, -0.1) is 0 Å². The SMILES string of the molecule is CCOC(=O)CC(O)C(O)c1ccc(C=O)o1. The molecule has 6 nitrogen and oxygen atoms in total. The Morgan fingerprint density at radius 3 is 2.76 bits per heavy atom. The minimum absolute atomic E-state index is 0.0314. The molecule has 0 radical (unpaired) electrons. The van der Waals surface area contributed by atoms with Gasteiger partial charge >= 0.3 is 5.97 Å². The first-order valence-corrected chi connectivity index (χ1v) is 5.15. The summed E-state index contributed by atoms with van der Waals surface area (Å²) in [7, 11) is 0. The summed E-state index contributed by atoms with van der Waals surface area (Å²) in [5.74, 6) is -0.535. The molecule has 0 aliphatic rings. The smallest absolute Gasteiger partial charge is 0.308 e. The highest BCUT2D eigenvalue weighted by molar-refractivity contribution is 5.71. The lowest BCUT2D eigenvalue weighted by Crippen LogP contribution is -2.22. The zero-order valence-corrected chi connectivity index (χ0v) is 9.33. The summed E-state index contributed by atoms with van der Waals surface area (Å²) in [6.45, 7) is 1.85. The first-order chi connectivity index (χ1) is 8.08. The van der Waals surface area contributed by atoms with E-state index in [0.29, 0.717) is 6.29 Å². The van der Waals surface area contributed by atoms with E-state index in [-0.39, 0.29) is 24.5 Å². The van der Waals surface area contributed by atoms with Gasteiger partial charge in [0.25, 0.3) is 0 Å². The molecule has 0 aliphatic carbocycles. The van der Waals surface area contributed by atoms with Gasteiger partial charge in [0.2, 0.25) is 0 Å². The Morgan fingerprint density at radius 1 is 1.53 bits per heavy atom. The van der Waals surface area contributed by atoms with Crippen LogP contribution < -0.4 is 0 Å². The van der Waals surface area contributed by atoms with Gasteiger partial charge in [0, 0.05) is 0 Å². The lowest BCUT2D eigenvalue weighted by Gasteiger charge is -2.14. The van der Waals surface area contributed by atoms with E-state index in [4.69, 9.17) is 4.42 Å². The van der Waals surface area contributed by atoms with Crippen LogP contribution in [0.15, 0.2) is 16.5 Å². The van der Waals surface area contributed by atoms with Crippen molar-refractivity contribution in [2.24, 2.45) is 0 Å². The number of furan rings is 1. The zero-order chi connectivity index (χ0) is 12.8. The van der Waals surface area contributed by atoms with Crippen molar-refractivity contribution in [2.45, 2.75) is 25.6 Å². The van der Waals surface area contributed by atoms with Crippen LogP contribution in [0.2, 0.25) is 0 Å². The van der Waals surface area contributed by atoms with Crippen molar-refractivity contribution in [1.29, 1.82) is 0 Å². The number of ether oxygens (including phenoxy) is 1. The van der Waals surface area contributed by atoms with E-state index in [1.807, 2.05) is 0 Å². The monoisotopic (exact) mass is 242 g/mol. The van der Waals surface area contributed by atoms with Crippen LogP contribution in [-0.4, -0.2) is 35.2 Å². The maximum atomic E-state index is 11.1. The molecule has 0 amide bonds. The van der Waals surface area contributed by atoms with E-state index in [9.17, 15) is 19.8 Å². The van der Waals surface area contributed by atoms with Gasteiger partial charge in [-0.25, -0.2) is 0 Å². The molecular formula is C11H14O6. The van der Waals surface area contributed by atoms with E-state index in [1.165, 1.54) is 12.1 Å². The first kappa shape index (κ1) is 13.4. The molecule has 0 aromatic carbocycles. The first-order valence-electron chi connectivity index (χ1n) is 5.15. The third-order valence-corrected chi connectivity index (χ3v) is 2.10. The van der Waals surface area contributed by atoms with Crippen LogP contribution in [0.3, 0.4) is 0 Å². The highest BCUT2D eigenvalue weighted by Gasteiger charge is 2.24. The summed E-state index contributed by atoms with van der Waals surface area (Å²) in [4.78, 5) is 21.4. The Hall–Kier alpha value is -1.66. The third-order valence-electron chi connectivity index (χ3n) is 2.10. The molecule has 6 heteroatoms. The van der Waals surface area contributed by atoms with Gasteiger partial charge in [0.05, 0.1) is 19.1 Å². The summed E-state index contributed by atoms with van der Waals surface area (Å²) in [6.07, 6.45) is -2.56. The maximum absolute atomic E-state index is 11.1. The van der Waals surface area contributed by atoms with E-state index >= 15 is 0 Å². The van der Waals surface area contributed by atoms with Crippen molar-refractivity contribution >= 4 is 12.3 Å². The molecular weight excluding hydrogens is 228 g/mol. The minimum Gasteiger partial charge on any atom is -0.466 e. The zero-order valence-electron chi connectivity index (χ0n) is 9.33. The maximum Gasteiger partial charge on any atom is 0.308 e. The molecule has 2 N–H and O–H groups in total. The second kappa shape index (κ2) is 6.17. The predicted molar refractivity (Wildman–Crippen MR) is 56.3 cm³/mol. The number of aliphatic hydroxyl groups is 2. The van der Waals surface area contributed by atoms with Crippen LogP contribution >= 0.6 is 0 Å². The topological polar surface area (TPSA) is 97.0 Å². The lowest BCUT2D eigenvalue weighted by molar-refractivity contribution is -0.147. The Kier molecular flexibility index (Phi) is 4.86. The standard InChI is InChI=1S/C11H14O6/c1-2-16-10(14)5-8(13)11(15)9-4-3-7(6-12)17-9/h3-4,6,8,11,13,15H,2,5H2,1H3. The van der Waals surface area contributed by atoms with Crippen LogP contribution in [-0.2, 0) is 9.53 Å². The molecule has 0 spiro atoms. The van der Waals surface area contributed by atoms with Gasteiger partial charge in [0.1, 0.15) is 11.9 Å². The van der Waals surface area contributed by atoms with Gasteiger partial charge in [-0.3, -0.25) is 9.59 Å². The predicted octanol–water partition coefficient (Wildman–Crippen LogP) is 0.440. The Labute approximate surface area is 97.8 Å². The highest BCUT2D eigenvalue weighted by Crippen LogP contribution is 2.21. The summed E-state index contributed by atoms with van der Waals surface area (Å²) in [6, 6.07) is 2.73. The van der Waals surface area contributed by atoms with E-state index in [1.54, 1.807) is 6.92 Å². The van der Waals surface area contributed by atoms with Crippen molar-refractivity contribution in [3.8, 4) is 0 Å². The Bertz CT molecular complexity index is 383. The molecule has 17 heavy (non-hydrogen) atoms. The highest BCUT2D eigenvalue weighted by atomic mass is 16.5. The molecule has 94 valence electrons. The van der Waals surface area contributed by atoms with E-state index < -0.39 is 18.2 Å². The summed E-state index contributed by atoms with van der Waals surface area (Å²) in [5.41, 5.74) is 0. The van der Waals surface area contributed by atoms with E-state index in [2.05, 4.69) is 4.74 Å². The average Bonchev–Trinajstić information content (AvgIpc) is 2.76. The second-order valence-electron chi connectivity index (χ2n) is 3.38. The number of aldehydes is 1. The van der Waals surface area contributed by atoms with Crippen molar-refractivity contribution in [3.05, 3.63) is 23.7 Å². The summed E-state index contributed by atoms with van der Waals surface area (Å²) >= 11 is 0. The molecule has 2 atom stereocenters. The number of aliphatic hydroxyl groups excluding tert-OH is 2. The van der Waals surface area contributed by atoms with Crippen LogP contribution in [0.1, 0.15) is 35.8 Å². The summed E-state index contributed by atoms with van der Waals surface area (Å²) < 4.78 is 9.56. The number of carbonyl (C=O) groups is 2. The Balaban J connectivity index is 2.59. The molecule has 0 aliphatic heterocycles. The lowest BCUT2D eigenvalue weighted by atomic mass is 10.1. The van der Waals surface area contributed by atoms with Crippen LogP contribution in [0.25, 0.3) is 0 Å². The molecule has 0 saturated carbocycles. The van der Waals surface area contributed by atoms with Crippen LogP contribution in [0, 0.1) is 0 Å².